The molecular weight excluding hydrogens is 323 g/mol. The summed E-state index contributed by atoms with van der Waals surface area (Å²) in [7, 11) is 0. The van der Waals surface area contributed by atoms with Crippen molar-refractivity contribution >= 4 is 44.0 Å². The number of fused-ring (bicyclic) bond motifs is 1. The molecule has 2 heterocycles. The molecule has 0 aliphatic carbocycles. The average Bonchev–Trinajstić information content (AvgIpc) is 2.83. The van der Waals surface area contributed by atoms with Gasteiger partial charge in [-0.05, 0) is 6.07 Å². The predicted molar refractivity (Wildman–Crippen MR) is 67.8 cm³/mol. The van der Waals surface area contributed by atoms with E-state index in [4.69, 9.17) is 4.42 Å². The zero-order valence-electron chi connectivity index (χ0n) is 7.48. The van der Waals surface area contributed by atoms with Gasteiger partial charge in [-0.3, -0.25) is 0 Å². The number of hydrogen-bond donors (Lipinski definition) is 0. The molecule has 5 heteroatoms. The molecule has 15 heavy (non-hydrogen) atoms. The minimum absolute atomic E-state index is 0.567. The molecule has 0 radical (unpaired) electrons. The molecule has 0 atom stereocenters. The molecule has 0 fully saturated rings. The van der Waals surface area contributed by atoms with Crippen LogP contribution < -0.4 is 0 Å². The van der Waals surface area contributed by atoms with E-state index in [-0.39, 0.29) is 0 Å². The number of aromatic nitrogens is 2. The van der Waals surface area contributed by atoms with Gasteiger partial charge in [0.2, 0.25) is 5.89 Å². The predicted octanol–water partition coefficient (Wildman–Crippen LogP) is 3.56. The third kappa shape index (κ3) is 1.55. The number of nitrogens with zero attached hydrogens (tertiary/aromatic N) is 2. The van der Waals surface area contributed by atoms with E-state index in [0.717, 1.165) is 5.56 Å². The minimum Gasteiger partial charge on any atom is -0.412 e. The summed E-state index contributed by atoms with van der Waals surface area (Å²) in [6.45, 7) is 0. The van der Waals surface area contributed by atoms with Gasteiger partial charge in [0.15, 0.2) is 0 Å². The zero-order chi connectivity index (χ0) is 10.3. The van der Waals surface area contributed by atoms with E-state index < -0.39 is 0 Å². The van der Waals surface area contributed by atoms with Gasteiger partial charge in [0.05, 0.1) is 5.56 Å². The van der Waals surface area contributed by atoms with Crippen LogP contribution in [0.25, 0.3) is 21.5 Å². The largest absolute Gasteiger partial charge is 0.412 e. The van der Waals surface area contributed by atoms with Crippen LogP contribution in [0.15, 0.2) is 34.1 Å². The lowest BCUT2D eigenvalue weighted by atomic mass is 10.2. The first-order valence-electron chi connectivity index (χ1n) is 4.30. The Bertz CT molecular complexity index is 616. The van der Waals surface area contributed by atoms with Crippen LogP contribution in [0.4, 0.5) is 0 Å². The first-order valence-corrected chi connectivity index (χ1v) is 6.26. The van der Waals surface area contributed by atoms with Crippen LogP contribution in [0.5, 0.6) is 0 Å². The van der Waals surface area contributed by atoms with Crippen molar-refractivity contribution in [3.8, 4) is 11.5 Å². The number of benzene rings is 1. The second-order valence-corrected chi connectivity index (χ2v) is 4.84. The van der Waals surface area contributed by atoms with Crippen molar-refractivity contribution in [1.82, 2.24) is 10.2 Å². The lowest BCUT2D eigenvalue weighted by molar-refractivity contribution is 0.537. The lowest BCUT2D eigenvalue weighted by Crippen LogP contribution is -1.74. The summed E-state index contributed by atoms with van der Waals surface area (Å²) in [6.07, 6.45) is 0. The quantitative estimate of drug-likeness (QED) is 0.641. The van der Waals surface area contributed by atoms with E-state index in [1.165, 1.54) is 10.1 Å². The molecule has 0 spiro atoms. The van der Waals surface area contributed by atoms with Crippen molar-refractivity contribution in [3.63, 3.8) is 0 Å². The standard InChI is InChI=1S/C10H5IN2OS/c11-10-13-12-9(14-10)7-5-15-8-4-2-1-3-6(7)8/h1-5H. The van der Waals surface area contributed by atoms with Crippen molar-refractivity contribution in [2.24, 2.45) is 0 Å². The van der Waals surface area contributed by atoms with Crippen LogP contribution in [0.2, 0.25) is 0 Å². The molecule has 0 unspecified atom stereocenters. The van der Waals surface area contributed by atoms with Gasteiger partial charge >= 0.3 is 0 Å². The Hall–Kier alpha value is -0.950. The molecule has 0 bridgehead atoms. The van der Waals surface area contributed by atoms with Gasteiger partial charge in [0, 0.05) is 38.1 Å². The minimum atomic E-state index is 0.567. The van der Waals surface area contributed by atoms with Crippen LogP contribution >= 0.6 is 33.9 Å². The molecule has 0 N–H and O–H groups in total. The molecule has 0 amide bonds. The fourth-order valence-electron chi connectivity index (χ4n) is 1.46. The smallest absolute Gasteiger partial charge is 0.278 e. The maximum Gasteiger partial charge on any atom is 0.278 e. The highest BCUT2D eigenvalue weighted by Gasteiger charge is 2.11. The van der Waals surface area contributed by atoms with Gasteiger partial charge in [-0.15, -0.1) is 21.5 Å². The summed E-state index contributed by atoms with van der Waals surface area (Å²) in [6, 6.07) is 8.20. The molecule has 3 nitrogen and oxygen atoms in total. The first-order chi connectivity index (χ1) is 7.34. The van der Waals surface area contributed by atoms with Gasteiger partial charge in [-0.25, -0.2) is 0 Å². The molecule has 0 saturated heterocycles. The fraction of sp³-hybridized carbons (Fsp3) is 0. The van der Waals surface area contributed by atoms with Gasteiger partial charge in [0.25, 0.3) is 3.90 Å². The highest BCUT2D eigenvalue weighted by atomic mass is 127. The summed E-state index contributed by atoms with van der Waals surface area (Å²) < 4.78 is 7.21. The molecule has 3 rings (SSSR count). The van der Waals surface area contributed by atoms with E-state index in [1.807, 2.05) is 40.1 Å². The van der Waals surface area contributed by atoms with Gasteiger partial charge < -0.3 is 4.42 Å². The summed E-state index contributed by atoms with van der Waals surface area (Å²) in [5.74, 6) is 0.594. The second kappa shape index (κ2) is 3.57. The second-order valence-electron chi connectivity index (χ2n) is 3.01. The Kier molecular flexibility index (Phi) is 2.21. The molecule has 2 aromatic heterocycles. The Morgan fingerprint density at radius 1 is 1.20 bits per heavy atom. The Morgan fingerprint density at radius 2 is 2.07 bits per heavy atom. The summed E-state index contributed by atoms with van der Waals surface area (Å²) >= 11 is 3.70. The summed E-state index contributed by atoms with van der Waals surface area (Å²) in [5.41, 5.74) is 1.02. The summed E-state index contributed by atoms with van der Waals surface area (Å²) in [5, 5.41) is 11.1. The molecule has 74 valence electrons. The van der Waals surface area contributed by atoms with Gasteiger partial charge in [0.1, 0.15) is 0 Å². The third-order valence-electron chi connectivity index (χ3n) is 2.11. The Labute approximate surface area is 103 Å². The van der Waals surface area contributed by atoms with E-state index in [2.05, 4.69) is 22.3 Å². The van der Waals surface area contributed by atoms with E-state index in [1.54, 1.807) is 11.3 Å². The highest BCUT2D eigenvalue weighted by Crippen LogP contribution is 2.32. The van der Waals surface area contributed by atoms with E-state index in [0.29, 0.717) is 9.79 Å². The van der Waals surface area contributed by atoms with Crippen LogP contribution in [0, 0.1) is 3.90 Å². The topological polar surface area (TPSA) is 38.9 Å². The molecule has 1 aromatic carbocycles. The van der Waals surface area contributed by atoms with Crippen molar-refractivity contribution in [2.45, 2.75) is 0 Å². The highest BCUT2D eigenvalue weighted by molar-refractivity contribution is 14.1. The molecule has 0 aliphatic heterocycles. The maximum absolute atomic E-state index is 5.41. The molecule has 0 saturated carbocycles. The SMILES string of the molecule is Ic1nnc(-c2csc3ccccc23)o1. The van der Waals surface area contributed by atoms with Gasteiger partial charge in [-0.1, -0.05) is 18.2 Å². The number of hydrogen-bond acceptors (Lipinski definition) is 4. The Morgan fingerprint density at radius 3 is 2.87 bits per heavy atom. The number of halogens is 1. The third-order valence-corrected chi connectivity index (χ3v) is 3.51. The van der Waals surface area contributed by atoms with Crippen LogP contribution in [0.1, 0.15) is 0 Å². The first kappa shape index (κ1) is 9.29. The lowest BCUT2D eigenvalue weighted by Gasteiger charge is -1.91. The normalized spacial score (nSPS) is 11.0. The van der Waals surface area contributed by atoms with Crippen LogP contribution in [0.3, 0.4) is 0 Å². The summed E-state index contributed by atoms with van der Waals surface area (Å²) in [4.78, 5) is 0. The number of thiophene rings is 1. The van der Waals surface area contributed by atoms with Crippen molar-refractivity contribution in [2.75, 3.05) is 0 Å². The van der Waals surface area contributed by atoms with Crippen molar-refractivity contribution in [3.05, 3.63) is 33.5 Å². The van der Waals surface area contributed by atoms with Crippen molar-refractivity contribution < 1.29 is 4.42 Å². The van der Waals surface area contributed by atoms with Crippen LogP contribution in [-0.4, -0.2) is 10.2 Å². The monoisotopic (exact) mass is 328 g/mol. The van der Waals surface area contributed by atoms with E-state index in [9.17, 15) is 0 Å². The van der Waals surface area contributed by atoms with E-state index >= 15 is 0 Å². The fourth-order valence-corrected chi connectivity index (χ4v) is 2.71. The van der Waals surface area contributed by atoms with Crippen LogP contribution in [-0.2, 0) is 0 Å². The Balaban J connectivity index is 2.27. The number of rotatable bonds is 1. The molecular formula is C10H5IN2OS. The maximum atomic E-state index is 5.41. The average molecular weight is 328 g/mol. The molecule has 3 aromatic rings. The zero-order valence-corrected chi connectivity index (χ0v) is 10.4. The van der Waals surface area contributed by atoms with Gasteiger partial charge in [-0.2, -0.15) is 0 Å². The van der Waals surface area contributed by atoms with Crippen molar-refractivity contribution in [1.29, 1.82) is 0 Å². The molecule has 0 aliphatic rings.